The van der Waals surface area contributed by atoms with Gasteiger partial charge in [0.2, 0.25) is 10.0 Å². The second-order valence-electron chi connectivity index (χ2n) is 5.66. The van der Waals surface area contributed by atoms with Gasteiger partial charge in [0.25, 0.3) is 0 Å². The summed E-state index contributed by atoms with van der Waals surface area (Å²) in [7, 11) is -2.25. The first kappa shape index (κ1) is 16.2. The van der Waals surface area contributed by atoms with Gasteiger partial charge in [0.1, 0.15) is 0 Å². The third-order valence-electron chi connectivity index (χ3n) is 3.13. The first-order valence-corrected chi connectivity index (χ1v) is 8.31. The van der Waals surface area contributed by atoms with Crippen LogP contribution < -0.4 is 0 Å². The van der Waals surface area contributed by atoms with Crippen LogP contribution in [-0.2, 0) is 10.0 Å². The van der Waals surface area contributed by atoms with Crippen LogP contribution >= 0.6 is 11.6 Å². The lowest BCUT2D eigenvalue weighted by Crippen LogP contribution is -2.39. The molecule has 4 nitrogen and oxygen atoms in total. The molecule has 0 saturated carbocycles. The number of nitrogens with zero attached hydrogens (tertiary/aromatic N) is 1. The Labute approximate surface area is 130 Å². The summed E-state index contributed by atoms with van der Waals surface area (Å²) >= 11 is 6.12. The summed E-state index contributed by atoms with van der Waals surface area (Å²) in [5.41, 5.74) is -1.11. The molecule has 0 amide bonds. The smallest absolute Gasteiger partial charge is 0.243 e. The molecule has 0 heterocycles. The second kappa shape index (κ2) is 5.57. The van der Waals surface area contributed by atoms with Crippen molar-refractivity contribution in [3.8, 4) is 0 Å². The Kier molecular flexibility index (Phi) is 4.31. The van der Waals surface area contributed by atoms with Crippen LogP contribution in [0, 0.1) is 0 Å². The summed E-state index contributed by atoms with van der Waals surface area (Å²) < 4.78 is 26.6. The third-order valence-corrected chi connectivity index (χ3v) is 5.32. The van der Waals surface area contributed by atoms with Crippen molar-refractivity contribution >= 4 is 32.4 Å². The maximum absolute atomic E-state index is 12.7. The molecule has 0 aliphatic carbocycles. The Morgan fingerprint density at radius 3 is 2.29 bits per heavy atom. The highest BCUT2D eigenvalue weighted by molar-refractivity contribution is 7.89. The monoisotopic (exact) mass is 327 g/mol. The maximum atomic E-state index is 12.7. The van der Waals surface area contributed by atoms with Gasteiger partial charge < -0.3 is 5.11 Å². The topological polar surface area (TPSA) is 57.6 Å². The van der Waals surface area contributed by atoms with Gasteiger partial charge >= 0.3 is 0 Å². The molecule has 2 rings (SSSR count). The molecule has 0 spiro atoms. The van der Waals surface area contributed by atoms with Crippen LogP contribution in [-0.4, -0.2) is 37.0 Å². The summed E-state index contributed by atoms with van der Waals surface area (Å²) in [5.74, 6) is 0. The molecule has 0 unspecified atom stereocenters. The molecule has 0 saturated heterocycles. The number of hydrogen-bond acceptors (Lipinski definition) is 3. The van der Waals surface area contributed by atoms with Crippen molar-refractivity contribution in [1.29, 1.82) is 0 Å². The highest BCUT2D eigenvalue weighted by atomic mass is 35.5. The summed E-state index contributed by atoms with van der Waals surface area (Å²) in [6.45, 7) is 3.14. The summed E-state index contributed by atoms with van der Waals surface area (Å²) in [5, 5.41) is 11.6. The van der Waals surface area contributed by atoms with Crippen LogP contribution in [0.1, 0.15) is 13.8 Å². The lowest BCUT2D eigenvalue weighted by Gasteiger charge is -2.25. The molecule has 0 fully saturated rings. The molecule has 0 atom stereocenters. The van der Waals surface area contributed by atoms with Crippen LogP contribution in [0.2, 0.25) is 5.02 Å². The molecule has 6 heteroatoms. The standard InChI is InChI=1S/C15H18ClNO3S/c1-15(2,18)10-17(3)21(19,20)14-9-8-13(16)11-6-4-5-7-12(11)14/h4-9,18H,10H2,1-3H3. The van der Waals surface area contributed by atoms with Crippen LogP contribution in [0.4, 0.5) is 0 Å². The first-order valence-electron chi connectivity index (χ1n) is 6.49. The van der Waals surface area contributed by atoms with E-state index in [4.69, 9.17) is 11.6 Å². The highest BCUT2D eigenvalue weighted by Crippen LogP contribution is 2.30. The van der Waals surface area contributed by atoms with Crippen molar-refractivity contribution in [2.75, 3.05) is 13.6 Å². The average molecular weight is 328 g/mol. The number of halogens is 1. The molecule has 2 aromatic carbocycles. The predicted molar refractivity (Wildman–Crippen MR) is 85.1 cm³/mol. The van der Waals surface area contributed by atoms with Crippen molar-refractivity contribution < 1.29 is 13.5 Å². The number of aliphatic hydroxyl groups is 1. The SMILES string of the molecule is CN(CC(C)(C)O)S(=O)(=O)c1ccc(Cl)c2ccccc12. The van der Waals surface area contributed by atoms with Crippen molar-refractivity contribution in [2.24, 2.45) is 0 Å². The Balaban J connectivity index is 2.58. The van der Waals surface area contributed by atoms with Gasteiger partial charge in [-0.3, -0.25) is 0 Å². The van der Waals surface area contributed by atoms with Gasteiger partial charge in [-0.15, -0.1) is 0 Å². The molecule has 0 aromatic heterocycles. The Morgan fingerprint density at radius 2 is 1.71 bits per heavy atom. The van der Waals surface area contributed by atoms with Crippen molar-refractivity contribution in [2.45, 2.75) is 24.3 Å². The number of benzene rings is 2. The van der Waals surface area contributed by atoms with E-state index in [1.165, 1.54) is 13.1 Å². The minimum Gasteiger partial charge on any atom is -0.389 e. The molecular weight excluding hydrogens is 310 g/mol. The zero-order valence-corrected chi connectivity index (χ0v) is 13.7. The van der Waals surface area contributed by atoms with Gasteiger partial charge in [0.15, 0.2) is 0 Å². The molecule has 0 aliphatic rings. The van der Waals surface area contributed by atoms with E-state index in [9.17, 15) is 13.5 Å². The van der Waals surface area contributed by atoms with Gasteiger partial charge in [-0.1, -0.05) is 35.9 Å². The Morgan fingerprint density at radius 1 is 1.14 bits per heavy atom. The summed E-state index contributed by atoms with van der Waals surface area (Å²) in [6.07, 6.45) is 0. The molecule has 0 aliphatic heterocycles. The number of hydrogen-bond donors (Lipinski definition) is 1. The Hall–Kier alpha value is -1.14. The normalized spacial score (nSPS) is 13.0. The van der Waals surface area contributed by atoms with E-state index >= 15 is 0 Å². The molecular formula is C15H18ClNO3S. The van der Waals surface area contributed by atoms with Crippen LogP contribution in [0.25, 0.3) is 10.8 Å². The van der Waals surface area contributed by atoms with E-state index in [0.29, 0.717) is 15.8 Å². The van der Waals surface area contributed by atoms with Crippen LogP contribution in [0.15, 0.2) is 41.3 Å². The lowest BCUT2D eigenvalue weighted by molar-refractivity contribution is 0.0640. The maximum Gasteiger partial charge on any atom is 0.243 e. The fraction of sp³-hybridized carbons (Fsp3) is 0.333. The van der Waals surface area contributed by atoms with E-state index < -0.39 is 15.6 Å². The molecule has 1 N–H and O–H groups in total. The number of rotatable bonds is 4. The number of fused-ring (bicyclic) bond motifs is 1. The summed E-state index contributed by atoms with van der Waals surface area (Å²) in [4.78, 5) is 0.189. The molecule has 0 radical (unpaired) electrons. The van der Waals surface area contributed by atoms with E-state index in [1.807, 2.05) is 6.07 Å². The fourth-order valence-electron chi connectivity index (χ4n) is 2.26. The average Bonchev–Trinajstić information content (AvgIpc) is 2.37. The highest BCUT2D eigenvalue weighted by Gasteiger charge is 2.27. The van der Waals surface area contributed by atoms with Crippen LogP contribution in [0.5, 0.6) is 0 Å². The Bertz CT molecular complexity index is 766. The van der Waals surface area contributed by atoms with E-state index in [2.05, 4.69) is 0 Å². The molecule has 114 valence electrons. The third kappa shape index (κ3) is 3.37. The molecule has 0 bridgehead atoms. The zero-order chi connectivity index (χ0) is 15.8. The summed E-state index contributed by atoms with van der Waals surface area (Å²) in [6, 6.07) is 10.2. The second-order valence-corrected chi connectivity index (χ2v) is 8.09. The molecule has 2 aromatic rings. The lowest BCUT2D eigenvalue weighted by atomic mass is 10.1. The van der Waals surface area contributed by atoms with Gasteiger partial charge in [0, 0.05) is 29.4 Å². The van der Waals surface area contributed by atoms with Gasteiger partial charge in [-0.2, -0.15) is 4.31 Å². The van der Waals surface area contributed by atoms with Gasteiger partial charge in [0.05, 0.1) is 10.5 Å². The van der Waals surface area contributed by atoms with Gasteiger partial charge in [-0.25, -0.2) is 8.42 Å². The van der Waals surface area contributed by atoms with Crippen molar-refractivity contribution in [3.05, 3.63) is 41.4 Å². The van der Waals surface area contributed by atoms with E-state index in [1.54, 1.807) is 38.1 Å². The zero-order valence-electron chi connectivity index (χ0n) is 12.2. The first-order chi connectivity index (χ1) is 9.63. The van der Waals surface area contributed by atoms with E-state index in [0.717, 1.165) is 4.31 Å². The van der Waals surface area contributed by atoms with Crippen LogP contribution in [0.3, 0.4) is 0 Å². The van der Waals surface area contributed by atoms with Gasteiger partial charge in [-0.05, 0) is 26.0 Å². The minimum absolute atomic E-state index is 0.00624. The number of likely N-dealkylation sites (N-methyl/N-ethyl adjacent to an activating group) is 1. The van der Waals surface area contributed by atoms with Crippen molar-refractivity contribution in [1.82, 2.24) is 4.31 Å². The minimum atomic E-state index is -3.70. The predicted octanol–water partition coefficient (Wildman–Crippen LogP) is 2.88. The largest absolute Gasteiger partial charge is 0.389 e. The molecule has 21 heavy (non-hydrogen) atoms. The number of sulfonamides is 1. The fourth-order valence-corrected chi connectivity index (χ4v) is 4.00. The quantitative estimate of drug-likeness (QED) is 0.939. The van der Waals surface area contributed by atoms with Crippen molar-refractivity contribution in [3.63, 3.8) is 0 Å². The van der Waals surface area contributed by atoms with E-state index in [-0.39, 0.29) is 11.4 Å².